The topological polar surface area (TPSA) is 61.6 Å². The van der Waals surface area contributed by atoms with Gasteiger partial charge >= 0.3 is 24.5 Å². The molecular formula is C28H30ClF9N4O2. The molecule has 2 aromatic carbocycles. The highest BCUT2D eigenvalue weighted by atomic mass is 35.5. The van der Waals surface area contributed by atoms with Gasteiger partial charge in [0.1, 0.15) is 0 Å². The van der Waals surface area contributed by atoms with Gasteiger partial charge < -0.3 is 14.9 Å². The first-order valence-corrected chi connectivity index (χ1v) is 13.1. The van der Waals surface area contributed by atoms with Crippen molar-refractivity contribution in [3.63, 3.8) is 0 Å². The molecule has 0 amide bonds. The van der Waals surface area contributed by atoms with Crippen molar-refractivity contribution in [3.8, 4) is 0 Å². The molecule has 1 aromatic heterocycles. The number of unbranched alkanes of at least 4 members (excludes halogenated alkanes) is 1. The lowest BCUT2D eigenvalue weighted by atomic mass is 10.0. The summed E-state index contributed by atoms with van der Waals surface area (Å²) in [5.74, 6) is -0.881. The molecule has 0 fully saturated rings. The van der Waals surface area contributed by atoms with Crippen LogP contribution in [0.1, 0.15) is 54.0 Å². The van der Waals surface area contributed by atoms with Gasteiger partial charge in [-0.3, -0.25) is 9.48 Å². The molecule has 0 spiro atoms. The summed E-state index contributed by atoms with van der Waals surface area (Å²) < 4.78 is 124. The van der Waals surface area contributed by atoms with Gasteiger partial charge in [-0.25, -0.2) is 0 Å². The van der Waals surface area contributed by atoms with E-state index in [1.54, 1.807) is 11.8 Å². The maximum absolute atomic E-state index is 13.7. The Balaban J connectivity index is 0.00000675. The first-order valence-electron chi connectivity index (χ1n) is 13.1. The summed E-state index contributed by atoms with van der Waals surface area (Å²) in [6.45, 7) is 1.49. The minimum Gasteiger partial charge on any atom is -0.481 e. The predicted molar refractivity (Wildman–Crippen MR) is 148 cm³/mol. The van der Waals surface area contributed by atoms with E-state index in [0.717, 1.165) is 12.1 Å². The summed E-state index contributed by atoms with van der Waals surface area (Å²) >= 11 is 0. The predicted octanol–water partition coefficient (Wildman–Crippen LogP) is 8.19. The molecule has 0 saturated carbocycles. The summed E-state index contributed by atoms with van der Waals surface area (Å²) in [6, 6.07) is 5.60. The zero-order valence-electron chi connectivity index (χ0n) is 23.5. The van der Waals surface area contributed by atoms with Gasteiger partial charge in [0.2, 0.25) is 0 Å². The molecule has 0 bridgehead atoms. The summed E-state index contributed by atoms with van der Waals surface area (Å²) in [5, 5.41) is 13.1. The van der Waals surface area contributed by atoms with Gasteiger partial charge in [0.25, 0.3) is 0 Å². The van der Waals surface area contributed by atoms with Crippen LogP contribution in [0, 0.1) is 0 Å². The van der Waals surface area contributed by atoms with Crippen LogP contribution in [0.3, 0.4) is 0 Å². The number of carbonyl (C=O) groups is 1. The molecule has 6 nitrogen and oxygen atoms in total. The summed E-state index contributed by atoms with van der Waals surface area (Å²) in [5.41, 5.74) is -3.95. The molecule has 16 heteroatoms. The standard InChI is InChI=1S/C28H29F9N4O2.ClH/c1-3-40(10-5-4-6-25(42)43)23-8-7-20(26(29,30)31)14-19(23)17-41(24-9-11-39(2)38-24)16-18-12-21(27(32,33)34)15-22(13-18)28(35,36)37;/h7-9,11-15H,3-6,10,16-17H2,1-2H3,(H,42,43);1H. The largest absolute Gasteiger partial charge is 0.481 e. The van der Waals surface area contributed by atoms with Gasteiger partial charge in [-0.15, -0.1) is 12.4 Å². The lowest BCUT2D eigenvalue weighted by Crippen LogP contribution is -2.29. The number of benzene rings is 2. The lowest BCUT2D eigenvalue weighted by molar-refractivity contribution is -0.143. The summed E-state index contributed by atoms with van der Waals surface area (Å²) in [4.78, 5) is 13.9. The van der Waals surface area contributed by atoms with Crippen LogP contribution in [0.2, 0.25) is 0 Å². The van der Waals surface area contributed by atoms with Crippen molar-refractivity contribution in [1.82, 2.24) is 9.78 Å². The maximum Gasteiger partial charge on any atom is 0.416 e. The number of aromatic nitrogens is 2. The highest BCUT2D eigenvalue weighted by Crippen LogP contribution is 2.38. The Kier molecular flexibility index (Phi) is 12.0. The number of carboxylic acid groups (broad SMARTS) is 1. The number of nitrogens with zero attached hydrogens (tertiary/aromatic N) is 4. The van der Waals surface area contributed by atoms with Crippen LogP contribution in [0.25, 0.3) is 0 Å². The SMILES string of the molecule is CCN(CCCCC(=O)O)c1ccc(C(F)(F)F)cc1CN(Cc1cc(C(F)(F)F)cc(C(F)(F)F)c1)c1ccn(C)n1.Cl. The first kappa shape index (κ1) is 36.6. The first-order chi connectivity index (χ1) is 19.9. The molecule has 3 aromatic rings. The third-order valence-corrected chi connectivity index (χ3v) is 6.60. The second-order valence-electron chi connectivity index (χ2n) is 9.89. The van der Waals surface area contributed by atoms with Crippen LogP contribution >= 0.6 is 12.4 Å². The number of rotatable bonds is 12. The van der Waals surface area contributed by atoms with Crippen LogP contribution in [0.15, 0.2) is 48.7 Å². The van der Waals surface area contributed by atoms with Crippen molar-refractivity contribution in [3.05, 3.63) is 76.5 Å². The number of hydrogen-bond acceptors (Lipinski definition) is 4. The number of halogens is 10. The van der Waals surface area contributed by atoms with Crippen molar-refractivity contribution in [2.24, 2.45) is 7.05 Å². The van der Waals surface area contributed by atoms with E-state index >= 15 is 0 Å². The Morgan fingerprint density at radius 1 is 0.818 bits per heavy atom. The fourth-order valence-electron chi connectivity index (χ4n) is 4.55. The number of alkyl halides is 9. The van der Waals surface area contributed by atoms with Crippen molar-refractivity contribution in [2.45, 2.75) is 57.8 Å². The zero-order chi connectivity index (χ0) is 32.2. The highest BCUT2D eigenvalue weighted by molar-refractivity contribution is 5.85. The molecule has 0 aliphatic rings. The Morgan fingerprint density at radius 3 is 1.89 bits per heavy atom. The quantitative estimate of drug-likeness (QED) is 0.157. The lowest BCUT2D eigenvalue weighted by Gasteiger charge is -2.30. The van der Waals surface area contributed by atoms with Gasteiger partial charge in [-0.2, -0.15) is 44.6 Å². The number of carboxylic acids is 1. The Morgan fingerprint density at radius 2 is 1.41 bits per heavy atom. The smallest absolute Gasteiger partial charge is 0.416 e. The van der Waals surface area contributed by atoms with E-state index in [0.29, 0.717) is 43.8 Å². The van der Waals surface area contributed by atoms with Gasteiger partial charge in [-0.05, 0) is 67.3 Å². The Bertz CT molecular complexity index is 1370. The van der Waals surface area contributed by atoms with Crippen LogP contribution in [0.4, 0.5) is 51.0 Å². The van der Waals surface area contributed by atoms with Crippen LogP contribution in [0.5, 0.6) is 0 Å². The molecule has 44 heavy (non-hydrogen) atoms. The third-order valence-electron chi connectivity index (χ3n) is 6.60. The molecule has 244 valence electrons. The van der Waals surface area contributed by atoms with Gasteiger partial charge in [0.05, 0.1) is 16.7 Å². The third kappa shape index (κ3) is 9.96. The average Bonchev–Trinajstić information content (AvgIpc) is 3.33. The van der Waals surface area contributed by atoms with Crippen molar-refractivity contribution in [1.29, 1.82) is 0 Å². The second kappa shape index (κ2) is 14.4. The number of anilines is 2. The van der Waals surface area contributed by atoms with E-state index in [4.69, 9.17) is 5.11 Å². The number of aryl methyl sites for hydroxylation is 1. The Hall–Kier alpha value is -3.62. The summed E-state index contributed by atoms with van der Waals surface area (Å²) in [7, 11) is 1.53. The van der Waals surface area contributed by atoms with Gasteiger partial charge in [0, 0.05) is 57.6 Å². The highest BCUT2D eigenvalue weighted by Gasteiger charge is 2.37. The molecule has 3 rings (SSSR count). The van der Waals surface area contributed by atoms with Crippen LogP contribution in [-0.2, 0) is 43.5 Å². The second-order valence-corrected chi connectivity index (χ2v) is 9.89. The van der Waals surface area contributed by atoms with Crippen LogP contribution in [-0.4, -0.2) is 33.9 Å². The van der Waals surface area contributed by atoms with Crippen molar-refractivity contribution < 1.29 is 49.4 Å². The average molecular weight is 661 g/mol. The van der Waals surface area contributed by atoms with Crippen LogP contribution < -0.4 is 9.80 Å². The zero-order valence-corrected chi connectivity index (χ0v) is 24.3. The maximum atomic E-state index is 13.7. The normalized spacial score (nSPS) is 12.2. The molecule has 0 saturated heterocycles. The van der Waals surface area contributed by atoms with E-state index in [9.17, 15) is 44.3 Å². The van der Waals surface area contributed by atoms with E-state index in [1.165, 1.54) is 35.0 Å². The van der Waals surface area contributed by atoms with E-state index < -0.39 is 47.7 Å². The molecule has 0 radical (unpaired) electrons. The summed E-state index contributed by atoms with van der Waals surface area (Å²) in [6.07, 6.45) is -12.8. The molecular weight excluding hydrogens is 631 g/mol. The van der Waals surface area contributed by atoms with Gasteiger partial charge in [0.15, 0.2) is 5.82 Å². The van der Waals surface area contributed by atoms with E-state index in [2.05, 4.69) is 5.10 Å². The molecule has 1 N–H and O–H groups in total. The van der Waals surface area contributed by atoms with Gasteiger partial charge in [-0.1, -0.05) is 0 Å². The number of hydrogen-bond donors (Lipinski definition) is 1. The monoisotopic (exact) mass is 660 g/mol. The minimum atomic E-state index is -5.08. The molecule has 0 unspecified atom stereocenters. The fraction of sp³-hybridized carbons (Fsp3) is 0.429. The van der Waals surface area contributed by atoms with E-state index in [1.807, 2.05) is 0 Å². The van der Waals surface area contributed by atoms with Crippen molar-refractivity contribution >= 4 is 29.9 Å². The Labute approximate surface area is 253 Å². The molecule has 0 atom stereocenters. The minimum absolute atomic E-state index is 0. The molecule has 0 aliphatic heterocycles. The van der Waals surface area contributed by atoms with E-state index in [-0.39, 0.29) is 48.4 Å². The molecule has 0 aliphatic carbocycles. The van der Waals surface area contributed by atoms with Crippen molar-refractivity contribution in [2.75, 3.05) is 22.9 Å². The fourth-order valence-corrected chi connectivity index (χ4v) is 4.55. The number of aliphatic carboxylic acids is 1. The molecule has 1 heterocycles.